The molecule has 1 heterocycles. The maximum atomic E-state index is 13.2. The van der Waals surface area contributed by atoms with Crippen molar-refractivity contribution in [2.75, 3.05) is 6.35 Å². The minimum Gasteiger partial charge on any atom is -0.488 e. The molecule has 1 atom stereocenters. The number of halogens is 6. The van der Waals surface area contributed by atoms with E-state index in [1.54, 1.807) is 6.07 Å². The molecule has 0 amide bonds. The van der Waals surface area contributed by atoms with Crippen molar-refractivity contribution in [2.45, 2.75) is 19.0 Å². The van der Waals surface area contributed by atoms with E-state index in [0.717, 1.165) is 5.56 Å². The molecule has 31 heavy (non-hydrogen) atoms. The quantitative estimate of drug-likeness (QED) is 0.324. The van der Waals surface area contributed by atoms with Gasteiger partial charge in [0.1, 0.15) is 24.5 Å². The predicted molar refractivity (Wildman–Crippen MR) is 106 cm³/mol. The largest absolute Gasteiger partial charge is 0.488 e. The molecule has 0 fully saturated rings. The highest BCUT2D eigenvalue weighted by atomic mass is 31.1. The van der Waals surface area contributed by atoms with Gasteiger partial charge in [0, 0.05) is 5.56 Å². The molecule has 0 radical (unpaired) electrons. The number of fused-ring (bicyclic) bond motifs is 1. The fourth-order valence-electron chi connectivity index (χ4n) is 3.26. The van der Waals surface area contributed by atoms with Crippen molar-refractivity contribution >= 4 is 13.9 Å². The molecule has 4 rings (SSSR count). The zero-order chi connectivity index (χ0) is 22.2. The summed E-state index contributed by atoms with van der Waals surface area (Å²) in [5.41, 5.74) is -1.84. The van der Waals surface area contributed by atoms with Crippen LogP contribution in [0.3, 0.4) is 0 Å². The molecule has 3 aromatic rings. The van der Waals surface area contributed by atoms with Crippen molar-refractivity contribution in [3.8, 4) is 22.6 Å². The van der Waals surface area contributed by atoms with Crippen LogP contribution < -0.4 is 14.8 Å². The third-order valence-corrected chi connectivity index (χ3v) is 5.84. The van der Waals surface area contributed by atoms with E-state index >= 15 is 0 Å². The number of rotatable bonds is 4. The van der Waals surface area contributed by atoms with E-state index in [1.165, 1.54) is 6.07 Å². The van der Waals surface area contributed by atoms with Crippen LogP contribution in [-0.2, 0) is 19.0 Å². The summed E-state index contributed by atoms with van der Waals surface area (Å²) in [7, 11) is 0.168. The summed E-state index contributed by atoms with van der Waals surface area (Å²) < 4.78 is 90.9. The van der Waals surface area contributed by atoms with Gasteiger partial charge in [0.15, 0.2) is 0 Å². The monoisotopic (exact) mass is 456 g/mol. The van der Waals surface area contributed by atoms with E-state index in [-0.39, 0.29) is 38.1 Å². The van der Waals surface area contributed by atoms with Gasteiger partial charge in [-0.25, -0.2) is 0 Å². The number of alkyl halides is 6. The molecule has 0 N–H and O–H groups in total. The van der Waals surface area contributed by atoms with Gasteiger partial charge in [0.05, 0.1) is 16.4 Å². The first-order valence-electron chi connectivity index (χ1n) is 9.13. The van der Waals surface area contributed by atoms with Gasteiger partial charge in [-0.15, -0.1) is 0 Å². The Labute approximate surface area is 175 Å². The molecule has 1 aliphatic heterocycles. The van der Waals surface area contributed by atoms with Crippen molar-refractivity contribution in [3.05, 3.63) is 77.4 Å². The van der Waals surface area contributed by atoms with Crippen LogP contribution in [-0.4, -0.2) is 6.35 Å². The molecule has 0 spiro atoms. The van der Waals surface area contributed by atoms with Crippen molar-refractivity contribution in [3.63, 3.8) is 0 Å². The van der Waals surface area contributed by atoms with E-state index in [1.807, 2.05) is 30.3 Å². The lowest BCUT2D eigenvalue weighted by molar-refractivity contribution is -0.143. The molecule has 0 saturated carbocycles. The second-order valence-corrected chi connectivity index (χ2v) is 7.99. The third kappa shape index (κ3) is 4.64. The van der Waals surface area contributed by atoms with Crippen molar-refractivity contribution in [2.24, 2.45) is 0 Å². The minimum absolute atomic E-state index is 0.115. The minimum atomic E-state index is -4.92. The highest BCUT2D eigenvalue weighted by Crippen LogP contribution is 2.44. The van der Waals surface area contributed by atoms with Gasteiger partial charge in [-0.2, -0.15) is 26.3 Å². The van der Waals surface area contributed by atoms with Gasteiger partial charge in [0.2, 0.25) is 0 Å². The van der Waals surface area contributed by atoms with Gasteiger partial charge in [0.25, 0.3) is 0 Å². The average molecular weight is 456 g/mol. The van der Waals surface area contributed by atoms with Crippen LogP contribution in [0.25, 0.3) is 11.1 Å². The molecule has 1 unspecified atom stereocenters. The Kier molecular flexibility index (Phi) is 5.60. The maximum Gasteiger partial charge on any atom is 0.416 e. The van der Waals surface area contributed by atoms with Gasteiger partial charge in [-0.3, -0.25) is 0 Å². The van der Waals surface area contributed by atoms with Crippen LogP contribution in [0.5, 0.6) is 11.5 Å². The van der Waals surface area contributed by atoms with Crippen LogP contribution in [0.4, 0.5) is 26.3 Å². The number of ether oxygens (including phenoxy) is 2. The third-order valence-electron chi connectivity index (χ3n) is 4.72. The Bertz CT molecular complexity index is 1060. The topological polar surface area (TPSA) is 18.5 Å². The molecular formula is C22H15F6O2P. The summed E-state index contributed by atoms with van der Waals surface area (Å²) in [5.74, 6) is 0.762. The van der Waals surface area contributed by atoms with Gasteiger partial charge in [-0.05, 0) is 50.0 Å². The molecule has 0 aliphatic carbocycles. The van der Waals surface area contributed by atoms with Crippen molar-refractivity contribution < 1.29 is 35.8 Å². The molecule has 2 nitrogen and oxygen atoms in total. The van der Waals surface area contributed by atoms with Crippen LogP contribution in [0.2, 0.25) is 0 Å². The number of hydrogen-bond donors (Lipinski definition) is 0. The standard InChI is InChI=1S/C22H15F6O2P/c23-21(24,25)15-8-14(9-16(10-15)22(26,27)28)17-6-7-18(20-19(17)30-12-31-20)29-11-13-4-2-1-3-5-13/h1-10,31H,11-12H2. The number of benzene rings is 3. The van der Waals surface area contributed by atoms with Gasteiger partial charge >= 0.3 is 12.4 Å². The molecule has 162 valence electrons. The Morgan fingerprint density at radius 3 is 2.10 bits per heavy atom. The average Bonchev–Trinajstić information content (AvgIpc) is 3.21. The lowest BCUT2D eigenvalue weighted by atomic mass is 9.98. The van der Waals surface area contributed by atoms with E-state index in [9.17, 15) is 26.3 Å². The summed E-state index contributed by atoms with van der Waals surface area (Å²) in [6.45, 7) is 0.277. The smallest absolute Gasteiger partial charge is 0.416 e. The summed E-state index contributed by atoms with van der Waals surface area (Å²) in [4.78, 5) is 0. The molecule has 0 aromatic heterocycles. The second-order valence-electron chi connectivity index (χ2n) is 6.85. The number of hydrogen-bond acceptors (Lipinski definition) is 2. The summed E-state index contributed by atoms with van der Waals surface area (Å²) in [6.07, 6.45) is -9.54. The fourth-order valence-corrected chi connectivity index (χ4v) is 4.31. The SMILES string of the molecule is FC(F)(F)c1cc(-c2ccc(OCc3ccccc3)c3c2OCP3)cc(C(F)(F)F)c1. The fraction of sp³-hybridized carbons (Fsp3) is 0.182. The normalized spacial score (nSPS) is 14.4. The summed E-state index contributed by atoms with van der Waals surface area (Å²) in [5, 5.41) is 0.652. The molecule has 0 bridgehead atoms. The van der Waals surface area contributed by atoms with E-state index < -0.39 is 23.5 Å². The zero-order valence-corrected chi connectivity index (χ0v) is 16.8. The first kappa shape index (κ1) is 21.5. The zero-order valence-electron chi connectivity index (χ0n) is 15.8. The molecule has 0 saturated heterocycles. The van der Waals surface area contributed by atoms with Crippen LogP contribution in [0, 0.1) is 0 Å². The molecule has 1 aliphatic rings. The molecule has 9 heteroatoms. The van der Waals surface area contributed by atoms with Crippen molar-refractivity contribution in [1.82, 2.24) is 0 Å². The van der Waals surface area contributed by atoms with Crippen LogP contribution >= 0.6 is 8.58 Å². The van der Waals surface area contributed by atoms with Gasteiger partial charge < -0.3 is 9.47 Å². The Morgan fingerprint density at radius 2 is 1.48 bits per heavy atom. The first-order valence-corrected chi connectivity index (χ1v) is 10.3. The molecular weight excluding hydrogens is 441 g/mol. The highest BCUT2D eigenvalue weighted by Gasteiger charge is 2.37. The maximum absolute atomic E-state index is 13.2. The van der Waals surface area contributed by atoms with E-state index in [2.05, 4.69) is 0 Å². The van der Waals surface area contributed by atoms with E-state index in [0.29, 0.717) is 29.5 Å². The highest BCUT2D eigenvalue weighted by molar-refractivity contribution is 7.48. The first-order chi connectivity index (χ1) is 14.6. The molecule has 3 aromatic carbocycles. The van der Waals surface area contributed by atoms with E-state index in [4.69, 9.17) is 9.47 Å². The predicted octanol–water partition coefficient (Wildman–Crippen LogP) is 6.62. The van der Waals surface area contributed by atoms with Crippen molar-refractivity contribution in [1.29, 1.82) is 0 Å². The lowest BCUT2D eigenvalue weighted by Gasteiger charge is -2.17. The summed E-state index contributed by atoms with van der Waals surface area (Å²) >= 11 is 0. The second kappa shape index (κ2) is 8.08. The Morgan fingerprint density at radius 1 is 0.839 bits per heavy atom. The summed E-state index contributed by atoms with van der Waals surface area (Å²) in [6, 6.07) is 13.9. The van der Waals surface area contributed by atoms with Crippen LogP contribution in [0.15, 0.2) is 60.7 Å². The lowest BCUT2D eigenvalue weighted by Crippen LogP contribution is -2.11. The van der Waals surface area contributed by atoms with Crippen LogP contribution in [0.1, 0.15) is 16.7 Å². The Balaban J connectivity index is 1.75. The van der Waals surface area contributed by atoms with Gasteiger partial charge in [-0.1, -0.05) is 30.3 Å². The Hall–Kier alpha value is -2.73.